The molecular weight excluding hydrogens is 352 g/mol. The molecule has 28 heavy (non-hydrogen) atoms. The average Bonchev–Trinajstić information content (AvgIpc) is 2.69. The van der Waals surface area contributed by atoms with Crippen LogP contribution in [-0.2, 0) is 4.79 Å². The van der Waals surface area contributed by atoms with Crippen LogP contribution in [0.1, 0.15) is 71.0 Å². The van der Waals surface area contributed by atoms with Gasteiger partial charge in [-0.25, -0.2) is 0 Å². The van der Waals surface area contributed by atoms with Gasteiger partial charge in [-0.15, -0.1) is 10.2 Å². The van der Waals surface area contributed by atoms with Crippen molar-refractivity contribution in [1.29, 1.82) is 0 Å². The Morgan fingerprint density at radius 1 is 1.25 bits per heavy atom. The molecule has 1 aromatic heterocycles. The lowest BCUT2D eigenvalue weighted by Crippen LogP contribution is -2.37. The van der Waals surface area contributed by atoms with Gasteiger partial charge in [0, 0.05) is 12.0 Å². The second-order valence-electron chi connectivity index (χ2n) is 8.45. The second-order valence-corrected chi connectivity index (χ2v) is 8.45. The summed E-state index contributed by atoms with van der Waals surface area (Å²) in [5.74, 6) is 1.16. The van der Waals surface area contributed by atoms with Crippen molar-refractivity contribution in [2.24, 2.45) is 11.3 Å². The predicted molar refractivity (Wildman–Crippen MR) is 110 cm³/mol. The van der Waals surface area contributed by atoms with Crippen LogP contribution in [0.5, 0.6) is 0 Å². The number of carbonyl (C=O) groups excluding carboxylic acids is 1. The number of carbonyl (C=O) groups is 1. The van der Waals surface area contributed by atoms with Crippen LogP contribution in [0, 0.1) is 11.3 Å². The van der Waals surface area contributed by atoms with Gasteiger partial charge in [-0.3, -0.25) is 9.59 Å². The summed E-state index contributed by atoms with van der Waals surface area (Å²) in [5, 5.41) is 11.3. The zero-order chi connectivity index (χ0) is 20.1. The number of amides is 1. The highest BCUT2D eigenvalue weighted by Gasteiger charge is 2.32. The first kappa shape index (κ1) is 20.2. The molecule has 6 nitrogen and oxygen atoms in total. The fourth-order valence-corrected chi connectivity index (χ4v) is 3.93. The highest BCUT2D eigenvalue weighted by Crippen LogP contribution is 2.41. The minimum absolute atomic E-state index is 0.0164. The first-order valence-electron chi connectivity index (χ1n) is 10.2. The molecule has 1 aliphatic rings. The standard InChI is InChI=1S/C22H30N4O2/c1-4-17(23-18(27)14-22(3)12-10-15(2)11-13-22)19-21(28)24-20(26-25-19)16-8-6-5-7-9-16/h5-9,15,17H,4,10-14H2,1-3H3,(H,23,27)(H,24,26,28). The van der Waals surface area contributed by atoms with Crippen LogP contribution >= 0.6 is 0 Å². The van der Waals surface area contributed by atoms with Crippen LogP contribution in [0.2, 0.25) is 0 Å². The van der Waals surface area contributed by atoms with Crippen molar-refractivity contribution in [1.82, 2.24) is 20.5 Å². The number of nitrogens with zero attached hydrogens (tertiary/aromatic N) is 2. The summed E-state index contributed by atoms with van der Waals surface area (Å²) < 4.78 is 0. The van der Waals surface area contributed by atoms with Crippen LogP contribution in [0.25, 0.3) is 11.4 Å². The highest BCUT2D eigenvalue weighted by atomic mass is 16.2. The first-order valence-corrected chi connectivity index (χ1v) is 10.2. The molecule has 1 aliphatic carbocycles. The second kappa shape index (κ2) is 8.67. The van der Waals surface area contributed by atoms with E-state index in [0.29, 0.717) is 18.7 Å². The average molecular weight is 383 g/mol. The Balaban J connectivity index is 1.69. The van der Waals surface area contributed by atoms with Gasteiger partial charge in [0.2, 0.25) is 5.91 Å². The highest BCUT2D eigenvalue weighted by molar-refractivity contribution is 5.77. The van der Waals surface area contributed by atoms with E-state index in [1.54, 1.807) is 0 Å². The number of benzene rings is 1. The van der Waals surface area contributed by atoms with E-state index < -0.39 is 6.04 Å². The number of hydrogen-bond donors (Lipinski definition) is 2. The lowest BCUT2D eigenvalue weighted by molar-refractivity contribution is -0.124. The minimum Gasteiger partial charge on any atom is -0.347 e. The van der Waals surface area contributed by atoms with E-state index in [-0.39, 0.29) is 22.6 Å². The summed E-state index contributed by atoms with van der Waals surface area (Å²) in [6.07, 6.45) is 5.57. The van der Waals surface area contributed by atoms with Crippen molar-refractivity contribution < 1.29 is 4.79 Å². The maximum atomic E-state index is 12.7. The van der Waals surface area contributed by atoms with Crippen LogP contribution in [0.4, 0.5) is 0 Å². The molecule has 1 saturated carbocycles. The molecule has 1 amide bonds. The quantitative estimate of drug-likeness (QED) is 0.790. The predicted octanol–water partition coefficient (Wildman–Crippen LogP) is 4.01. The molecule has 0 spiro atoms. The Hall–Kier alpha value is -2.50. The van der Waals surface area contributed by atoms with E-state index in [9.17, 15) is 9.59 Å². The van der Waals surface area contributed by atoms with E-state index in [2.05, 4.69) is 34.3 Å². The third-order valence-electron chi connectivity index (χ3n) is 5.91. The molecule has 2 aromatic rings. The van der Waals surface area contributed by atoms with Gasteiger partial charge in [0.1, 0.15) is 0 Å². The molecule has 0 bridgehead atoms. The summed E-state index contributed by atoms with van der Waals surface area (Å²) in [6, 6.07) is 8.96. The van der Waals surface area contributed by atoms with E-state index >= 15 is 0 Å². The van der Waals surface area contributed by atoms with Crippen molar-refractivity contribution in [3.05, 3.63) is 46.4 Å². The van der Waals surface area contributed by atoms with Crippen molar-refractivity contribution >= 4 is 5.91 Å². The largest absolute Gasteiger partial charge is 0.347 e. The molecule has 1 unspecified atom stereocenters. The molecule has 3 rings (SSSR count). The Kier molecular flexibility index (Phi) is 6.27. The third-order valence-corrected chi connectivity index (χ3v) is 5.91. The molecule has 2 N–H and O–H groups in total. The van der Waals surface area contributed by atoms with E-state index in [0.717, 1.165) is 24.3 Å². The van der Waals surface area contributed by atoms with Gasteiger partial charge >= 0.3 is 0 Å². The molecule has 1 aromatic carbocycles. The normalized spacial score (nSPS) is 23.2. The van der Waals surface area contributed by atoms with Gasteiger partial charge in [0.05, 0.1) is 6.04 Å². The number of nitrogens with one attached hydrogen (secondary N) is 2. The smallest absolute Gasteiger partial charge is 0.275 e. The maximum absolute atomic E-state index is 12.7. The summed E-state index contributed by atoms with van der Waals surface area (Å²) in [7, 11) is 0. The molecule has 6 heteroatoms. The van der Waals surface area contributed by atoms with Gasteiger partial charge in [-0.2, -0.15) is 0 Å². The van der Waals surface area contributed by atoms with Crippen LogP contribution in [0.3, 0.4) is 0 Å². The molecular formula is C22H30N4O2. The van der Waals surface area contributed by atoms with E-state index in [1.807, 2.05) is 37.3 Å². The molecule has 1 heterocycles. The number of H-pyrrole nitrogens is 1. The van der Waals surface area contributed by atoms with Gasteiger partial charge in [-0.05, 0) is 30.6 Å². The van der Waals surface area contributed by atoms with Crippen molar-refractivity contribution in [3.63, 3.8) is 0 Å². The lowest BCUT2D eigenvalue weighted by Gasteiger charge is -2.36. The SMILES string of the molecule is CCC(NC(=O)CC1(C)CCC(C)CC1)c1nnc(-c2ccccc2)[nH]c1=O. The van der Waals surface area contributed by atoms with Crippen molar-refractivity contribution in [3.8, 4) is 11.4 Å². The Labute approximate surface area is 166 Å². The topological polar surface area (TPSA) is 87.7 Å². The number of aromatic nitrogens is 3. The minimum atomic E-state index is -0.431. The van der Waals surface area contributed by atoms with Crippen molar-refractivity contribution in [2.45, 2.75) is 65.3 Å². The van der Waals surface area contributed by atoms with Crippen molar-refractivity contribution in [2.75, 3.05) is 0 Å². The fraction of sp³-hybridized carbons (Fsp3) is 0.545. The first-order chi connectivity index (χ1) is 13.4. The zero-order valence-corrected chi connectivity index (χ0v) is 17.0. The van der Waals surface area contributed by atoms with Gasteiger partial charge in [0.25, 0.3) is 5.56 Å². The Morgan fingerprint density at radius 2 is 1.93 bits per heavy atom. The zero-order valence-electron chi connectivity index (χ0n) is 17.0. The van der Waals surface area contributed by atoms with E-state index in [1.165, 1.54) is 12.8 Å². The van der Waals surface area contributed by atoms with Crippen LogP contribution in [-0.4, -0.2) is 21.1 Å². The number of aromatic amines is 1. The summed E-state index contributed by atoms with van der Waals surface area (Å²) in [5.41, 5.74) is 0.802. The number of hydrogen-bond acceptors (Lipinski definition) is 4. The Morgan fingerprint density at radius 3 is 2.54 bits per heavy atom. The summed E-state index contributed by atoms with van der Waals surface area (Å²) in [4.78, 5) is 28.0. The van der Waals surface area contributed by atoms with Crippen LogP contribution < -0.4 is 10.9 Å². The molecule has 1 atom stereocenters. The van der Waals surface area contributed by atoms with Crippen LogP contribution in [0.15, 0.2) is 35.1 Å². The summed E-state index contributed by atoms with van der Waals surface area (Å²) >= 11 is 0. The van der Waals surface area contributed by atoms with Gasteiger partial charge < -0.3 is 10.3 Å². The number of rotatable bonds is 6. The van der Waals surface area contributed by atoms with E-state index in [4.69, 9.17) is 0 Å². The fourth-order valence-electron chi connectivity index (χ4n) is 3.93. The monoisotopic (exact) mass is 382 g/mol. The third kappa shape index (κ3) is 4.86. The molecule has 150 valence electrons. The van der Waals surface area contributed by atoms with Gasteiger partial charge in [-0.1, -0.05) is 63.9 Å². The molecule has 0 radical (unpaired) electrons. The Bertz CT molecular complexity index is 854. The molecule has 0 saturated heterocycles. The van der Waals surface area contributed by atoms with Gasteiger partial charge in [0.15, 0.2) is 11.5 Å². The maximum Gasteiger partial charge on any atom is 0.275 e. The molecule has 0 aliphatic heterocycles. The molecule has 1 fully saturated rings. The lowest BCUT2D eigenvalue weighted by atomic mass is 9.70. The summed E-state index contributed by atoms with van der Waals surface area (Å²) in [6.45, 7) is 6.40.